The molecule has 0 saturated carbocycles. The highest BCUT2D eigenvalue weighted by atomic mass is 35.5. The zero-order valence-electron chi connectivity index (χ0n) is 10.7. The topological polar surface area (TPSA) is 63.8 Å². The number of benzene rings is 1. The molecule has 0 atom stereocenters. The van der Waals surface area contributed by atoms with Gasteiger partial charge in [-0.2, -0.15) is 4.98 Å². The van der Waals surface area contributed by atoms with E-state index in [1.54, 1.807) is 18.3 Å². The van der Waals surface area contributed by atoms with Crippen LogP contribution in [0.1, 0.15) is 0 Å². The van der Waals surface area contributed by atoms with Crippen LogP contribution in [-0.4, -0.2) is 22.2 Å². The summed E-state index contributed by atoms with van der Waals surface area (Å²) >= 11 is 6.06. The van der Waals surface area contributed by atoms with Crippen LogP contribution in [0.5, 0.6) is 0 Å². The SMILES string of the molecule is CNc1ccc(-c2nc(-c3ncccc3Cl)no2)cc1. The van der Waals surface area contributed by atoms with Crippen LogP contribution in [0.3, 0.4) is 0 Å². The van der Waals surface area contributed by atoms with Crippen LogP contribution >= 0.6 is 11.6 Å². The van der Waals surface area contributed by atoms with Crippen molar-refractivity contribution < 1.29 is 4.52 Å². The van der Waals surface area contributed by atoms with E-state index in [0.29, 0.717) is 22.4 Å². The summed E-state index contributed by atoms with van der Waals surface area (Å²) in [4.78, 5) is 8.48. The molecule has 3 rings (SSSR count). The molecular formula is C14H11ClN4O. The van der Waals surface area contributed by atoms with Crippen LogP contribution in [0.2, 0.25) is 5.02 Å². The van der Waals surface area contributed by atoms with Crippen molar-refractivity contribution in [2.45, 2.75) is 0 Å². The third kappa shape index (κ3) is 2.35. The predicted octanol–water partition coefficient (Wildman–Crippen LogP) is 3.49. The van der Waals surface area contributed by atoms with Crippen LogP contribution in [-0.2, 0) is 0 Å². The summed E-state index contributed by atoms with van der Waals surface area (Å²) in [5.41, 5.74) is 2.37. The second-order valence-electron chi connectivity index (χ2n) is 4.08. The molecule has 100 valence electrons. The highest BCUT2D eigenvalue weighted by Gasteiger charge is 2.13. The van der Waals surface area contributed by atoms with Crippen LogP contribution in [0.15, 0.2) is 47.1 Å². The number of halogens is 1. The molecule has 0 saturated heterocycles. The molecule has 1 N–H and O–H groups in total. The molecule has 20 heavy (non-hydrogen) atoms. The molecule has 2 heterocycles. The summed E-state index contributed by atoms with van der Waals surface area (Å²) in [6.45, 7) is 0. The van der Waals surface area contributed by atoms with Gasteiger partial charge < -0.3 is 9.84 Å². The Labute approximate surface area is 120 Å². The summed E-state index contributed by atoms with van der Waals surface area (Å²) < 4.78 is 5.25. The van der Waals surface area contributed by atoms with Gasteiger partial charge in [0.1, 0.15) is 5.69 Å². The number of anilines is 1. The molecule has 0 fully saturated rings. The van der Waals surface area contributed by atoms with E-state index < -0.39 is 0 Å². The number of rotatable bonds is 3. The quantitative estimate of drug-likeness (QED) is 0.798. The first kappa shape index (κ1) is 12.6. The molecule has 5 nitrogen and oxygen atoms in total. The summed E-state index contributed by atoms with van der Waals surface area (Å²) in [6.07, 6.45) is 1.64. The molecule has 2 aromatic heterocycles. The lowest BCUT2D eigenvalue weighted by Crippen LogP contribution is -1.88. The summed E-state index contributed by atoms with van der Waals surface area (Å²) in [7, 11) is 1.86. The van der Waals surface area contributed by atoms with Gasteiger partial charge in [-0.1, -0.05) is 16.8 Å². The van der Waals surface area contributed by atoms with Crippen LogP contribution in [0, 0.1) is 0 Å². The number of aromatic nitrogens is 3. The minimum absolute atomic E-state index is 0.378. The van der Waals surface area contributed by atoms with Gasteiger partial charge in [-0.15, -0.1) is 0 Å². The fraction of sp³-hybridized carbons (Fsp3) is 0.0714. The Bertz CT molecular complexity index is 724. The van der Waals surface area contributed by atoms with Gasteiger partial charge in [-0.05, 0) is 36.4 Å². The largest absolute Gasteiger partial charge is 0.388 e. The fourth-order valence-corrected chi connectivity index (χ4v) is 1.97. The van der Waals surface area contributed by atoms with E-state index in [1.165, 1.54) is 0 Å². The maximum absolute atomic E-state index is 6.06. The van der Waals surface area contributed by atoms with Crippen LogP contribution in [0.25, 0.3) is 23.0 Å². The van der Waals surface area contributed by atoms with Gasteiger partial charge in [0, 0.05) is 24.5 Å². The molecule has 6 heteroatoms. The third-order valence-electron chi connectivity index (χ3n) is 2.82. The smallest absolute Gasteiger partial charge is 0.258 e. The van der Waals surface area contributed by atoms with Crippen molar-refractivity contribution in [1.82, 2.24) is 15.1 Å². The first-order valence-electron chi connectivity index (χ1n) is 6.01. The average molecular weight is 287 g/mol. The molecule has 0 bridgehead atoms. The Morgan fingerprint density at radius 1 is 1.15 bits per heavy atom. The number of hydrogen-bond donors (Lipinski definition) is 1. The van der Waals surface area contributed by atoms with Crippen LogP contribution < -0.4 is 5.32 Å². The lowest BCUT2D eigenvalue weighted by atomic mass is 10.2. The lowest BCUT2D eigenvalue weighted by molar-refractivity contribution is 0.432. The molecular weight excluding hydrogens is 276 g/mol. The van der Waals surface area contributed by atoms with Gasteiger partial charge in [-0.25, -0.2) is 0 Å². The van der Waals surface area contributed by atoms with E-state index >= 15 is 0 Å². The average Bonchev–Trinajstić information content (AvgIpc) is 2.97. The van der Waals surface area contributed by atoms with E-state index in [1.807, 2.05) is 31.3 Å². The minimum Gasteiger partial charge on any atom is -0.388 e. The van der Waals surface area contributed by atoms with Crippen molar-refractivity contribution in [3.05, 3.63) is 47.6 Å². The summed E-state index contributed by atoms with van der Waals surface area (Å²) in [5.74, 6) is 0.813. The van der Waals surface area contributed by atoms with Crippen molar-refractivity contribution >= 4 is 17.3 Å². The number of nitrogens with one attached hydrogen (secondary N) is 1. The van der Waals surface area contributed by atoms with Crippen molar-refractivity contribution in [2.75, 3.05) is 12.4 Å². The van der Waals surface area contributed by atoms with Gasteiger partial charge in [0.05, 0.1) is 5.02 Å². The van der Waals surface area contributed by atoms with Gasteiger partial charge in [0.25, 0.3) is 5.89 Å². The van der Waals surface area contributed by atoms with E-state index in [-0.39, 0.29) is 0 Å². The van der Waals surface area contributed by atoms with E-state index in [4.69, 9.17) is 16.1 Å². The monoisotopic (exact) mass is 286 g/mol. The fourth-order valence-electron chi connectivity index (χ4n) is 1.77. The maximum atomic E-state index is 6.06. The normalized spacial score (nSPS) is 10.5. The Balaban J connectivity index is 1.95. The molecule has 0 aliphatic carbocycles. The van der Waals surface area contributed by atoms with Crippen molar-refractivity contribution in [3.63, 3.8) is 0 Å². The molecule has 0 unspecified atom stereocenters. The van der Waals surface area contributed by atoms with Gasteiger partial charge in [-0.3, -0.25) is 4.98 Å². The standard InChI is InChI=1S/C14H11ClN4O/c1-16-10-6-4-9(5-7-10)14-18-13(19-20-14)12-11(15)3-2-8-17-12/h2-8,16H,1H3. The molecule has 3 aromatic rings. The van der Waals surface area contributed by atoms with Crippen LogP contribution in [0.4, 0.5) is 5.69 Å². The van der Waals surface area contributed by atoms with Crippen molar-refractivity contribution in [2.24, 2.45) is 0 Å². The second-order valence-corrected chi connectivity index (χ2v) is 4.49. The van der Waals surface area contributed by atoms with Gasteiger partial charge in [0.15, 0.2) is 0 Å². The van der Waals surface area contributed by atoms with E-state index in [0.717, 1.165) is 11.3 Å². The van der Waals surface area contributed by atoms with Crippen molar-refractivity contribution in [3.8, 4) is 23.0 Å². The molecule has 0 aliphatic rings. The maximum Gasteiger partial charge on any atom is 0.258 e. The van der Waals surface area contributed by atoms with E-state index in [9.17, 15) is 0 Å². The second kappa shape index (κ2) is 5.30. The predicted molar refractivity (Wildman–Crippen MR) is 77.5 cm³/mol. The highest BCUT2D eigenvalue weighted by Crippen LogP contribution is 2.26. The van der Waals surface area contributed by atoms with Gasteiger partial charge >= 0.3 is 0 Å². The molecule has 0 amide bonds. The zero-order valence-corrected chi connectivity index (χ0v) is 11.4. The molecule has 0 radical (unpaired) electrons. The molecule has 1 aromatic carbocycles. The number of pyridine rings is 1. The Kier molecular flexibility index (Phi) is 3.35. The lowest BCUT2D eigenvalue weighted by Gasteiger charge is -1.99. The molecule has 0 spiro atoms. The third-order valence-corrected chi connectivity index (χ3v) is 3.12. The Morgan fingerprint density at radius 3 is 2.65 bits per heavy atom. The van der Waals surface area contributed by atoms with Crippen molar-refractivity contribution in [1.29, 1.82) is 0 Å². The van der Waals surface area contributed by atoms with Gasteiger partial charge in [0.2, 0.25) is 5.82 Å². The van der Waals surface area contributed by atoms with E-state index in [2.05, 4.69) is 20.4 Å². The highest BCUT2D eigenvalue weighted by molar-refractivity contribution is 6.32. The number of hydrogen-bond acceptors (Lipinski definition) is 5. The first-order valence-corrected chi connectivity index (χ1v) is 6.38. The molecule has 0 aliphatic heterocycles. The summed E-state index contributed by atoms with van der Waals surface area (Å²) in [5, 5.41) is 7.46. The Hall–Kier alpha value is -2.40. The summed E-state index contributed by atoms with van der Waals surface area (Å²) in [6, 6.07) is 11.2. The Morgan fingerprint density at radius 2 is 1.95 bits per heavy atom. The minimum atomic E-state index is 0.378. The number of nitrogens with zero attached hydrogens (tertiary/aromatic N) is 3. The first-order chi connectivity index (χ1) is 9.78. The zero-order chi connectivity index (χ0) is 13.9.